The molecule has 2 heterocycles. The second-order valence-electron chi connectivity index (χ2n) is 5.42. The van der Waals surface area contributed by atoms with Crippen molar-refractivity contribution in [2.24, 2.45) is 5.16 Å². The second kappa shape index (κ2) is 6.01. The largest absolute Gasteiger partial charge is 0.432 e. The molecule has 0 bridgehead atoms. The lowest BCUT2D eigenvalue weighted by molar-refractivity contribution is -0.0604. The standard InChI is InChI=1S/C13H14F3N5O2/c14-13(15,16)10-5-8(23-21-10)6-17-12(22)18-11-4-3-9(19-20-11)7-1-2-7/h3-4,7-8H,1-2,5-6H2,(H2,17,18,20,22)/t8-/m1/s1. The van der Waals surface area contributed by atoms with Gasteiger partial charge in [0, 0.05) is 12.3 Å². The molecular formula is C13H14F3N5O2. The van der Waals surface area contributed by atoms with Crippen molar-refractivity contribution in [1.29, 1.82) is 0 Å². The number of oxime groups is 1. The number of alkyl halides is 3. The zero-order chi connectivity index (χ0) is 16.4. The lowest BCUT2D eigenvalue weighted by atomic mass is 10.2. The van der Waals surface area contributed by atoms with Gasteiger partial charge in [0.2, 0.25) is 0 Å². The quantitative estimate of drug-likeness (QED) is 0.886. The summed E-state index contributed by atoms with van der Waals surface area (Å²) in [5, 5.41) is 15.7. The summed E-state index contributed by atoms with van der Waals surface area (Å²) in [6.07, 6.45) is -3.52. The van der Waals surface area contributed by atoms with E-state index in [0.717, 1.165) is 18.5 Å². The van der Waals surface area contributed by atoms with E-state index in [-0.39, 0.29) is 18.8 Å². The third kappa shape index (κ3) is 4.08. The van der Waals surface area contributed by atoms with Gasteiger partial charge in [-0.15, -0.1) is 5.10 Å². The lowest BCUT2D eigenvalue weighted by Gasteiger charge is -2.10. The molecule has 0 saturated heterocycles. The van der Waals surface area contributed by atoms with Crippen molar-refractivity contribution in [2.45, 2.75) is 37.5 Å². The predicted octanol–water partition coefficient (Wildman–Crippen LogP) is 2.18. The van der Waals surface area contributed by atoms with E-state index in [1.54, 1.807) is 12.1 Å². The Morgan fingerprint density at radius 3 is 2.65 bits per heavy atom. The molecular weight excluding hydrogens is 315 g/mol. The summed E-state index contributed by atoms with van der Waals surface area (Å²) in [5.74, 6) is 0.735. The molecule has 2 aliphatic rings. The minimum Gasteiger partial charge on any atom is -0.390 e. The topological polar surface area (TPSA) is 88.5 Å². The lowest BCUT2D eigenvalue weighted by Crippen LogP contribution is -2.36. The minimum atomic E-state index is -4.50. The van der Waals surface area contributed by atoms with Gasteiger partial charge in [0.05, 0.1) is 12.2 Å². The van der Waals surface area contributed by atoms with Gasteiger partial charge in [-0.2, -0.15) is 18.3 Å². The fourth-order valence-electron chi connectivity index (χ4n) is 2.08. The van der Waals surface area contributed by atoms with Crippen LogP contribution in [0.15, 0.2) is 17.3 Å². The molecule has 2 N–H and O–H groups in total. The zero-order valence-corrected chi connectivity index (χ0v) is 11.9. The van der Waals surface area contributed by atoms with Crippen LogP contribution < -0.4 is 10.6 Å². The summed E-state index contributed by atoms with van der Waals surface area (Å²) in [7, 11) is 0. The number of carbonyl (C=O) groups is 1. The Kier molecular flexibility index (Phi) is 4.05. The van der Waals surface area contributed by atoms with E-state index in [1.807, 2.05) is 0 Å². The van der Waals surface area contributed by atoms with Crippen molar-refractivity contribution in [3.05, 3.63) is 17.8 Å². The molecule has 2 amide bonds. The van der Waals surface area contributed by atoms with Crippen molar-refractivity contribution in [3.8, 4) is 0 Å². The van der Waals surface area contributed by atoms with Gasteiger partial charge in [0.15, 0.2) is 17.6 Å². The van der Waals surface area contributed by atoms with Gasteiger partial charge >= 0.3 is 12.2 Å². The SMILES string of the molecule is O=C(NC[C@H]1CC(C(F)(F)F)=NO1)Nc1ccc(C2CC2)nn1. The summed E-state index contributed by atoms with van der Waals surface area (Å²) >= 11 is 0. The number of rotatable bonds is 4. The van der Waals surface area contributed by atoms with Crippen LogP contribution in [0, 0.1) is 0 Å². The average Bonchev–Trinajstić information content (AvgIpc) is 3.22. The molecule has 10 heteroatoms. The Morgan fingerprint density at radius 1 is 1.30 bits per heavy atom. The highest BCUT2D eigenvalue weighted by Gasteiger charge is 2.41. The first-order valence-corrected chi connectivity index (χ1v) is 7.10. The monoisotopic (exact) mass is 329 g/mol. The number of nitrogens with one attached hydrogen (secondary N) is 2. The number of halogens is 3. The van der Waals surface area contributed by atoms with Gasteiger partial charge in [0.25, 0.3) is 0 Å². The van der Waals surface area contributed by atoms with E-state index < -0.39 is 24.0 Å². The number of aromatic nitrogens is 2. The Bertz CT molecular complexity index is 613. The molecule has 0 unspecified atom stereocenters. The summed E-state index contributed by atoms with van der Waals surface area (Å²) in [6, 6.07) is 2.84. The van der Waals surface area contributed by atoms with Crippen molar-refractivity contribution < 1.29 is 22.8 Å². The van der Waals surface area contributed by atoms with Gasteiger partial charge < -0.3 is 10.2 Å². The summed E-state index contributed by atoms with van der Waals surface area (Å²) in [4.78, 5) is 16.3. The molecule has 0 radical (unpaired) electrons. The highest BCUT2D eigenvalue weighted by Crippen LogP contribution is 2.38. The molecule has 124 valence electrons. The Labute approximate surface area is 129 Å². The predicted molar refractivity (Wildman–Crippen MR) is 74.0 cm³/mol. The van der Waals surface area contributed by atoms with Gasteiger partial charge in [-0.3, -0.25) is 5.32 Å². The first-order valence-electron chi connectivity index (χ1n) is 7.10. The first kappa shape index (κ1) is 15.5. The molecule has 3 rings (SSSR count). The van der Waals surface area contributed by atoms with Crippen molar-refractivity contribution in [2.75, 3.05) is 11.9 Å². The summed E-state index contributed by atoms with van der Waals surface area (Å²) in [6.45, 7) is -0.0947. The van der Waals surface area contributed by atoms with Gasteiger partial charge in [-0.25, -0.2) is 4.79 Å². The minimum absolute atomic E-state index is 0.0947. The van der Waals surface area contributed by atoms with E-state index in [0.29, 0.717) is 5.92 Å². The zero-order valence-electron chi connectivity index (χ0n) is 11.9. The number of hydrogen-bond acceptors (Lipinski definition) is 5. The molecule has 0 aromatic carbocycles. The molecule has 1 saturated carbocycles. The number of hydrogen-bond donors (Lipinski definition) is 2. The molecule has 1 aromatic heterocycles. The highest BCUT2D eigenvalue weighted by molar-refractivity contribution is 5.91. The third-order valence-corrected chi connectivity index (χ3v) is 3.47. The highest BCUT2D eigenvalue weighted by atomic mass is 19.4. The number of urea groups is 1. The van der Waals surface area contributed by atoms with E-state index in [1.165, 1.54) is 0 Å². The molecule has 1 fully saturated rings. The molecule has 0 spiro atoms. The Morgan fingerprint density at radius 2 is 2.09 bits per heavy atom. The van der Waals surface area contributed by atoms with Crippen molar-refractivity contribution in [1.82, 2.24) is 15.5 Å². The smallest absolute Gasteiger partial charge is 0.390 e. The van der Waals surface area contributed by atoms with E-state index in [4.69, 9.17) is 0 Å². The van der Waals surface area contributed by atoms with E-state index in [2.05, 4.69) is 30.8 Å². The van der Waals surface area contributed by atoms with Gasteiger partial charge in [-0.1, -0.05) is 5.16 Å². The molecule has 7 nitrogen and oxygen atoms in total. The van der Waals surface area contributed by atoms with E-state index in [9.17, 15) is 18.0 Å². The Balaban J connectivity index is 1.42. The molecule has 1 atom stereocenters. The van der Waals surface area contributed by atoms with Crippen LogP contribution in [0.25, 0.3) is 0 Å². The van der Waals surface area contributed by atoms with Gasteiger partial charge in [0.1, 0.15) is 0 Å². The first-order chi connectivity index (χ1) is 10.9. The molecule has 1 aromatic rings. The normalized spacial score (nSPS) is 20.7. The summed E-state index contributed by atoms with van der Waals surface area (Å²) < 4.78 is 37.2. The number of anilines is 1. The third-order valence-electron chi connectivity index (χ3n) is 3.47. The van der Waals surface area contributed by atoms with Crippen LogP contribution in [0.2, 0.25) is 0 Å². The molecule has 1 aliphatic heterocycles. The fraction of sp³-hybridized carbons (Fsp3) is 0.538. The van der Waals surface area contributed by atoms with Crippen LogP contribution >= 0.6 is 0 Å². The van der Waals surface area contributed by atoms with Crippen molar-refractivity contribution >= 4 is 17.6 Å². The second-order valence-corrected chi connectivity index (χ2v) is 5.42. The number of nitrogens with zero attached hydrogens (tertiary/aromatic N) is 3. The fourth-order valence-corrected chi connectivity index (χ4v) is 2.08. The van der Waals surface area contributed by atoms with Crippen molar-refractivity contribution in [3.63, 3.8) is 0 Å². The summed E-state index contributed by atoms with van der Waals surface area (Å²) in [5.41, 5.74) is -0.0848. The van der Waals surface area contributed by atoms with Crippen LogP contribution in [0.1, 0.15) is 30.9 Å². The van der Waals surface area contributed by atoms with Crippen LogP contribution in [0.4, 0.5) is 23.8 Å². The van der Waals surface area contributed by atoms with Crippen LogP contribution in [0.3, 0.4) is 0 Å². The van der Waals surface area contributed by atoms with E-state index >= 15 is 0 Å². The number of carbonyl (C=O) groups excluding carboxylic acids is 1. The molecule has 1 aliphatic carbocycles. The number of amides is 2. The molecule has 23 heavy (non-hydrogen) atoms. The van der Waals surface area contributed by atoms with Crippen LogP contribution in [-0.4, -0.2) is 40.8 Å². The maximum absolute atomic E-state index is 12.4. The van der Waals surface area contributed by atoms with Crippen LogP contribution in [0.5, 0.6) is 0 Å². The maximum atomic E-state index is 12.4. The van der Waals surface area contributed by atoms with Crippen LogP contribution in [-0.2, 0) is 4.84 Å². The van der Waals surface area contributed by atoms with Gasteiger partial charge in [-0.05, 0) is 25.0 Å². The maximum Gasteiger partial charge on any atom is 0.432 e. The Hall–Kier alpha value is -2.39. The average molecular weight is 329 g/mol.